The lowest BCUT2D eigenvalue weighted by molar-refractivity contribution is 0.669. The molecule has 0 bridgehead atoms. The Hall–Kier alpha value is -5.80. The second kappa shape index (κ2) is 11.5. The van der Waals surface area contributed by atoms with Gasteiger partial charge in [-0.2, -0.15) is 0 Å². The maximum atomic E-state index is 6.81. The van der Waals surface area contributed by atoms with Gasteiger partial charge in [-0.25, -0.2) is 0 Å². The number of furan rings is 1. The van der Waals surface area contributed by atoms with Gasteiger partial charge in [-0.05, 0) is 93.7 Å². The van der Waals surface area contributed by atoms with Gasteiger partial charge in [0.2, 0.25) is 0 Å². The summed E-state index contributed by atoms with van der Waals surface area (Å²) in [4.78, 5) is 4.64. The van der Waals surface area contributed by atoms with Gasteiger partial charge in [0.1, 0.15) is 11.2 Å². The van der Waals surface area contributed by atoms with E-state index in [9.17, 15) is 0 Å². The van der Waals surface area contributed by atoms with Crippen LogP contribution in [-0.4, -0.2) is 0 Å². The van der Waals surface area contributed by atoms with E-state index in [4.69, 9.17) is 4.42 Å². The first-order valence-corrected chi connectivity index (χ1v) is 16.2. The van der Waals surface area contributed by atoms with Gasteiger partial charge in [0.25, 0.3) is 0 Å². The summed E-state index contributed by atoms with van der Waals surface area (Å²) in [6, 6.07) is 52.4. The van der Waals surface area contributed by atoms with Crippen LogP contribution in [0.3, 0.4) is 0 Å². The van der Waals surface area contributed by atoms with E-state index in [-0.39, 0.29) is 0 Å². The van der Waals surface area contributed by atoms with Crippen molar-refractivity contribution in [2.75, 3.05) is 9.80 Å². The molecule has 0 unspecified atom stereocenters. The van der Waals surface area contributed by atoms with Crippen LogP contribution in [0.1, 0.15) is 22.3 Å². The number of aryl methyl sites for hydroxylation is 4. The molecule has 0 atom stereocenters. The van der Waals surface area contributed by atoms with Gasteiger partial charge in [0, 0.05) is 56.7 Å². The molecule has 8 rings (SSSR count). The molecular weight excluding hydrogens is 572 g/mol. The van der Waals surface area contributed by atoms with Gasteiger partial charge in [0.05, 0.1) is 5.69 Å². The van der Waals surface area contributed by atoms with Crippen LogP contribution in [0.5, 0.6) is 0 Å². The number of anilines is 6. The van der Waals surface area contributed by atoms with Crippen molar-refractivity contribution in [2.45, 2.75) is 27.7 Å². The van der Waals surface area contributed by atoms with E-state index < -0.39 is 0 Å². The molecule has 0 radical (unpaired) electrons. The number of nitrogens with zero attached hydrogens (tertiary/aromatic N) is 2. The van der Waals surface area contributed by atoms with Crippen LogP contribution in [0.25, 0.3) is 32.7 Å². The molecule has 0 fully saturated rings. The van der Waals surface area contributed by atoms with Crippen LogP contribution in [0.15, 0.2) is 150 Å². The van der Waals surface area contributed by atoms with Gasteiger partial charge in [0.15, 0.2) is 0 Å². The zero-order valence-electron chi connectivity index (χ0n) is 27.2. The lowest BCUT2D eigenvalue weighted by atomic mass is 10.0. The largest absolute Gasteiger partial charge is 0.456 e. The number of rotatable bonds is 6. The molecule has 8 aromatic rings. The Morgan fingerprint density at radius 2 is 0.787 bits per heavy atom. The van der Waals surface area contributed by atoms with Crippen molar-refractivity contribution in [3.8, 4) is 0 Å². The second-order valence-corrected chi connectivity index (χ2v) is 12.6. The first-order chi connectivity index (χ1) is 22.9. The molecule has 228 valence electrons. The van der Waals surface area contributed by atoms with Gasteiger partial charge in [-0.15, -0.1) is 0 Å². The molecule has 47 heavy (non-hydrogen) atoms. The maximum absolute atomic E-state index is 6.81. The van der Waals surface area contributed by atoms with Crippen molar-refractivity contribution >= 4 is 66.8 Å². The Bertz CT molecular complexity index is 2280. The highest BCUT2D eigenvalue weighted by atomic mass is 16.3. The molecule has 3 heteroatoms. The summed E-state index contributed by atoms with van der Waals surface area (Å²) in [5, 5.41) is 4.59. The van der Waals surface area contributed by atoms with Crippen LogP contribution < -0.4 is 9.80 Å². The van der Waals surface area contributed by atoms with E-state index in [1.54, 1.807) is 0 Å². The van der Waals surface area contributed by atoms with Crippen LogP contribution in [0.4, 0.5) is 34.1 Å². The smallest absolute Gasteiger partial charge is 0.138 e. The zero-order chi connectivity index (χ0) is 32.1. The third kappa shape index (κ3) is 5.20. The Labute approximate surface area is 275 Å². The highest BCUT2D eigenvalue weighted by molar-refractivity contribution is 6.22. The number of benzene rings is 7. The predicted octanol–water partition coefficient (Wildman–Crippen LogP) is 12.9. The number of hydrogen-bond acceptors (Lipinski definition) is 3. The highest BCUT2D eigenvalue weighted by Crippen LogP contribution is 2.46. The maximum Gasteiger partial charge on any atom is 0.138 e. The van der Waals surface area contributed by atoms with Crippen molar-refractivity contribution < 1.29 is 4.42 Å². The summed E-state index contributed by atoms with van der Waals surface area (Å²) in [5.41, 5.74) is 13.2. The molecule has 0 amide bonds. The van der Waals surface area contributed by atoms with Crippen molar-refractivity contribution in [2.24, 2.45) is 0 Å². The summed E-state index contributed by atoms with van der Waals surface area (Å²) < 4.78 is 6.81. The summed E-state index contributed by atoms with van der Waals surface area (Å²) in [6.07, 6.45) is 0. The normalized spacial score (nSPS) is 11.4. The molecular formula is C44H36N2O. The molecule has 0 aliphatic carbocycles. The quantitative estimate of drug-likeness (QED) is 0.187. The fourth-order valence-corrected chi connectivity index (χ4v) is 6.58. The van der Waals surface area contributed by atoms with Gasteiger partial charge < -0.3 is 14.2 Å². The van der Waals surface area contributed by atoms with E-state index in [0.717, 1.165) is 56.1 Å². The summed E-state index contributed by atoms with van der Waals surface area (Å²) in [7, 11) is 0. The molecule has 0 aliphatic heterocycles. The fraction of sp³-hybridized carbons (Fsp3) is 0.0909. The zero-order valence-corrected chi connectivity index (χ0v) is 27.2. The van der Waals surface area contributed by atoms with Crippen LogP contribution >= 0.6 is 0 Å². The molecule has 3 nitrogen and oxygen atoms in total. The number of fused-ring (bicyclic) bond motifs is 5. The lowest BCUT2D eigenvalue weighted by Crippen LogP contribution is -2.10. The van der Waals surface area contributed by atoms with Crippen LogP contribution in [0.2, 0.25) is 0 Å². The predicted molar refractivity (Wildman–Crippen MR) is 200 cm³/mol. The second-order valence-electron chi connectivity index (χ2n) is 12.6. The average Bonchev–Trinajstić information content (AvgIpc) is 3.46. The molecule has 7 aromatic carbocycles. The fourth-order valence-electron chi connectivity index (χ4n) is 6.58. The molecule has 0 N–H and O–H groups in total. The molecule has 1 aromatic heterocycles. The van der Waals surface area contributed by atoms with Gasteiger partial charge in [-0.1, -0.05) is 95.1 Å². The molecule has 0 aliphatic rings. The third-order valence-corrected chi connectivity index (χ3v) is 9.11. The Morgan fingerprint density at radius 3 is 1.28 bits per heavy atom. The summed E-state index contributed by atoms with van der Waals surface area (Å²) in [5.74, 6) is 0. The van der Waals surface area contributed by atoms with E-state index >= 15 is 0 Å². The average molecular weight is 609 g/mol. The van der Waals surface area contributed by atoms with Crippen LogP contribution in [-0.2, 0) is 0 Å². The minimum atomic E-state index is 0.862. The Balaban J connectivity index is 1.35. The lowest BCUT2D eigenvalue weighted by Gasteiger charge is -2.27. The molecule has 0 spiro atoms. The van der Waals surface area contributed by atoms with Crippen molar-refractivity contribution in [3.05, 3.63) is 168 Å². The first-order valence-electron chi connectivity index (χ1n) is 16.2. The molecule has 1 heterocycles. The topological polar surface area (TPSA) is 19.6 Å². The minimum absolute atomic E-state index is 0.862. The Morgan fingerprint density at radius 1 is 0.362 bits per heavy atom. The standard InChI is InChI=1S/C44H36N2O/c1-29-9-17-33(18-10-29)45(34-19-11-30(2)12-20-34)37-25-26-40-42(27-37)47-43-28-41(38-7-5-6-8-39(38)44(40)43)46(35-21-13-31(3)14-22-35)36-23-15-32(4)16-24-36/h5-28H,1-4H3. The monoisotopic (exact) mass is 608 g/mol. The SMILES string of the molecule is Cc1ccc(N(c2ccc(C)cc2)c2ccc3c(c2)oc2cc(N(c4ccc(C)cc4)c4ccc(C)cc4)c4ccccc4c23)cc1. The van der Waals surface area contributed by atoms with E-state index in [1.807, 2.05) is 0 Å². The van der Waals surface area contributed by atoms with Crippen LogP contribution in [0, 0.1) is 27.7 Å². The molecule has 0 saturated heterocycles. The van der Waals surface area contributed by atoms with E-state index in [1.165, 1.54) is 33.0 Å². The summed E-state index contributed by atoms with van der Waals surface area (Å²) >= 11 is 0. The highest BCUT2D eigenvalue weighted by Gasteiger charge is 2.21. The molecule has 0 saturated carbocycles. The van der Waals surface area contributed by atoms with Gasteiger partial charge >= 0.3 is 0 Å². The Kier molecular flexibility index (Phi) is 7.03. The third-order valence-electron chi connectivity index (χ3n) is 9.11. The van der Waals surface area contributed by atoms with E-state index in [2.05, 4.69) is 183 Å². The minimum Gasteiger partial charge on any atom is -0.456 e. The number of hydrogen-bond donors (Lipinski definition) is 0. The van der Waals surface area contributed by atoms with Crippen molar-refractivity contribution in [1.29, 1.82) is 0 Å². The van der Waals surface area contributed by atoms with Crippen molar-refractivity contribution in [1.82, 2.24) is 0 Å². The van der Waals surface area contributed by atoms with E-state index in [0.29, 0.717) is 0 Å². The first kappa shape index (κ1) is 28.7. The summed E-state index contributed by atoms with van der Waals surface area (Å²) in [6.45, 7) is 8.50. The van der Waals surface area contributed by atoms with Gasteiger partial charge in [-0.3, -0.25) is 0 Å². The van der Waals surface area contributed by atoms with Crippen molar-refractivity contribution in [3.63, 3.8) is 0 Å².